The van der Waals surface area contributed by atoms with E-state index in [0.29, 0.717) is 13.1 Å². The van der Waals surface area contributed by atoms with Crippen LogP contribution in [0.4, 0.5) is 5.69 Å². The molecule has 0 unspecified atom stereocenters. The summed E-state index contributed by atoms with van der Waals surface area (Å²) in [5.74, 6) is 1.81. The van der Waals surface area contributed by atoms with Crippen LogP contribution in [0.5, 0.6) is 0 Å². The van der Waals surface area contributed by atoms with Crippen molar-refractivity contribution in [3.63, 3.8) is 0 Å². The number of ether oxygens (including phenoxy) is 1. The van der Waals surface area contributed by atoms with E-state index in [0.717, 1.165) is 54.8 Å². The molecule has 0 spiro atoms. The normalized spacial score (nSPS) is 18.3. The summed E-state index contributed by atoms with van der Waals surface area (Å²) >= 11 is 0. The third kappa shape index (κ3) is 5.53. The van der Waals surface area contributed by atoms with Gasteiger partial charge in [0.15, 0.2) is 0 Å². The predicted molar refractivity (Wildman–Crippen MR) is 131 cm³/mol. The topological polar surface area (TPSA) is 49.9 Å². The van der Waals surface area contributed by atoms with Crippen LogP contribution in [0, 0.1) is 17.8 Å². The SMILES string of the molecule is CC(C)CN(Cc1ccc(N2CC(C3CCOCC3)C2)cc1-c1ccccc1)S(C)(=O)=O. The Bertz CT molecular complexity index is 995. The fraction of sp³-hybridized carbons (Fsp3) is 0.538. The molecule has 0 aliphatic carbocycles. The van der Waals surface area contributed by atoms with Gasteiger partial charge in [-0.05, 0) is 59.4 Å². The van der Waals surface area contributed by atoms with E-state index < -0.39 is 10.0 Å². The van der Waals surface area contributed by atoms with E-state index in [-0.39, 0.29) is 5.92 Å². The van der Waals surface area contributed by atoms with Gasteiger partial charge in [0.1, 0.15) is 0 Å². The van der Waals surface area contributed by atoms with Gasteiger partial charge in [-0.15, -0.1) is 0 Å². The van der Waals surface area contributed by atoms with Crippen molar-refractivity contribution in [3.8, 4) is 11.1 Å². The molecule has 2 saturated heterocycles. The Hall–Kier alpha value is -1.89. The lowest BCUT2D eigenvalue weighted by molar-refractivity contribution is 0.0410. The van der Waals surface area contributed by atoms with Crippen LogP contribution in [-0.4, -0.2) is 51.8 Å². The largest absolute Gasteiger partial charge is 0.381 e. The molecule has 2 aliphatic rings. The van der Waals surface area contributed by atoms with Gasteiger partial charge in [-0.3, -0.25) is 0 Å². The van der Waals surface area contributed by atoms with Crippen molar-refractivity contribution >= 4 is 15.7 Å². The summed E-state index contributed by atoms with van der Waals surface area (Å²) in [4.78, 5) is 2.46. The Kier molecular flexibility index (Phi) is 7.23. The summed E-state index contributed by atoms with van der Waals surface area (Å²) in [6.07, 6.45) is 3.68. The van der Waals surface area contributed by atoms with Crippen molar-refractivity contribution in [3.05, 3.63) is 54.1 Å². The van der Waals surface area contributed by atoms with E-state index in [4.69, 9.17) is 4.74 Å². The summed E-state index contributed by atoms with van der Waals surface area (Å²) in [6, 6.07) is 16.9. The molecule has 0 radical (unpaired) electrons. The fourth-order valence-corrected chi connectivity index (χ4v) is 5.85. The van der Waals surface area contributed by atoms with Gasteiger partial charge in [0, 0.05) is 45.1 Å². The van der Waals surface area contributed by atoms with Crippen molar-refractivity contribution < 1.29 is 13.2 Å². The minimum Gasteiger partial charge on any atom is -0.381 e. The van der Waals surface area contributed by atoms with E-state index in [1.165, 1.54) is 24.8 Å². The summed E-state index contributed by atoms with van der Waals surface area (Å²) in [5.41, 5.74) is 4.53. The number of anilines is 1. The van der Waals surface area contributed by atoms with Gasteiger partial charge in [-0.2, -0.15) is 4.31 Å². The molecule has 2 aliphatic heterocycles. The Morgan fingerprint density at radius 1 is 1.03 bits per heavy atom. The molecule has 0 bridgehead atoms. The standard InChI is InChI=1S/C26H36N2O3S/c1-20(2)16-28(32(3,29)30)19-23-9-10-25(15-26(23)22-7-5-4-6-8-22)27-17-24(18-27)21-11-13-31-14-12-21/h4-10,15,20-21,24H,11-14,16-19H2,1-3H3. The van der Waals surface area contributed by atoms with Crippen LogP contribution in [0.1, 0.15) is 32.3 Å². The molecule has 2 fully saturated rings. The second kappa shape index (κ2) is 9.94. The summed E-state index contributed by atoms with van der Waals surface area (Å²) < 4.78 is 32.0. The van der Waals surface area contributed by atoms with E-state index in [9.17, 15) is 8.42 Å². The molecule has 32 heavy (non-hydrogen) atoms. The molecule has 0 aromatic heterocycles. The lowest BCUT2D eigenvalue weighted by Gasteiger charge is -2.46. The van der Waals surface area contributed by atoms with Gasteiger partial charge in [0.05, 0.1) is 6.26 Å². The van der Waals surface area contributed by atoms with Crippen LogP contribution in [-0.2, 0) is 21.3 Å². The zero-order chi connectivity index (χ0) is 22.7. The molecular formula is C26H36N2O3S. The Morgan fingerprint density at radius 3 is 2.34 bits per heavy atom. The van der Waals surface area contributed by atoms with Crippen LogP contribution in [0.25, 0.3) is 11.1 Å². The molecule has 2 aromatic rings. The van der Waals surface area contributed by atoms with Gasteiger partial charge in [-0.25, -0.2) is 8.42 Å². The maximum Gasteiger partial charge on any atom is 0.211 e. The number of benzene rings is 2. The van der Waals surface area contributed by atoms with E-state index >= 15 is 0 Å². The Balaban J connectivity index is 1.58. The van der Waals surface area contributed by atoms with Crippen LogP contribution < -0.4 is 4.90 Å². The van der Waals surface area contributed by atoms with Crippen molar-refractivity contribution in [2.24, 2.45) is 17.8 Å². The van der Waals surface area contributed by atoms with E-state index in [2.05, 4.69) is 49.1 Å². The summed E-state index contributed by atoms with van der Waals surface area (Å²) in [7, 11) is -3.28. The quantitative estimate of drug-likeness (QED) is 0.581. The number of nitrogens with zero attached hydrogens (tertiary/aromatic N) is 2. The van der Waals surface area contributed by atoms with Gasteiger partial charge in [0.25, 0.3) is 0 Å². The van der Waals surface area contributed by atoms with E-state index in [1.54, 1.807) is 4.31 Å². The van der Waals surface area contributed by atoms with Gasteiger partial charge >= 0.3 is 0 Å². The number of hydrogen-bond acceptors (Lipinski definition) is 4. The highest BCUT2D eigenvalue weighted by Crippen LogP contribution is 2.37. The Labute approximate surface area is 193 Å². The minimum absolute atomic E-state index is 0.271. The zero-order valence-electron chi connectivity index (χ0n) is 19.5. The van der Waals surface area contributed by atoms with Crippen LogP contribution in [0.15, 0.2) is 48.5 Å². The number of hydrogen-bond donors (Lipinski definition) is 0. The molecule has 0 amide bonds. The Morgan fingerprint density at radius 2 is 1.72 bits per heavy atom. The van der Waals surface area contributed by atoms with Crippen LogP contribution >= 0.6 is 0 Å². The molecule has 6 heteroatoms. The lowest BCUT2D eigenvalue weighted by atomic mass is 9.80. The molecular weight excluding hydrogens is 420 g/mol. The first-order valence-corrected chi connectivity index (χ1v) is 13.6. The number of rotatable bonds is 8. The monoisotopic (exact) mass is 456 g/mol. The molecule has 4 rings (SSSR count). The van der Waals surface area contributed by atoms with Crippen LogP contribution in [0.3, 0.4) is 0 Å². The van der Waals surface area contributed by atoms with Gasteiger partial charge in [0.2, 0.25) is 10.0 Å². The maximum atomic E-state index is 12.4. The first-order valence-electron chi connectivity index (χ1n) is 11.8. The average Bonchev–Trinajstić information content (AvgIpc) is 2.73. The smallest absolute Gasteiger partial charge is 0.211 e. The summed E-state index contributed by atoms with van der Waals surface area (Å²) in [6.45, 7) is 9.03. The maximum absolute atomic E-state index is 12.4. The molecule has 5 nitrogen and oxygen atoms in total. The van der Waals surface area contributed by atoms with Crippen molar-refractivity contribution in [1.29, 1.82) is 0 Å². The second-order valence-electron chi connectivity index (χ2n) is 9.77. The van der Waals surface area contributed by atoms with E-state index in [1.807, 2.05) is 18.2 Å². The molecule has 174 valence electrons. The molecule has 2 aromatic carbocycles. The highest BCUT2D eigenvalue weighted by molar-refractivity contribution is 7.88. The van der Waals surface area contributed by atoms with Crippen molar-refractivity contribution in [2.75, 3.05) is 44.0 Å². The molecule has 2 heterocycles. The van der Waals surface area contributed by atoms with Gasteiger partial charge in [-0.1, -0.05) is 50.2 Å². The van der Waals surface area contributed by atoms with Gasteiger partial charge < -0.3 is 9.64 Å². The minimum atomic E-state index is -3.28. The lowest BCUT2D eigenvalue weighted by Crippen LogP contribution is -2.51. The molecule has 0 saturated carbocycles. The predicted octanol–water partition coefficient (Wildman–Crippen LogP) is 4.63. The third-order valence-corrected chi connectivity index (χ3v) is 7.99. The highest BCUT2D eigenvalue weighted by Gasteiger charge is 2.34. The first kappa shape index (κ1) is 23.3. The molecule has 0 N–H and O–H groups in total. The average molecular weight is 457 g/mol. The second-order valence-corrected chi connectivity index (χ2v) is 11.8. The molecule has 0 atom stereocenters. The van der Waals surface area contributed by atoms with Crippen molar-refractivity contribution in [1.82, 2.24) is 4.31 Å². The van der Waals surface area contributed by atoms with Crippen LogP contribution in [0.2, 0.25) is 0 Å². The summed E-state index contributed by atoms with van der Waals surface area (Å²) in [5, 5.41) is 0. The number of sulfonamides is 1. The van der Waals surface area contributed by atoms with Crippen molar-refractivity contribution in [2.45, 2.75) is 33.2 Å². The highest BCUT2D eigenvalue weighted by atomic mass is 32.2. The third-order valence-electron chi connectivity index (χ3n) is 6.77. The fourth-order valence-electron chi connectivity index (χ4n) is 4.91. The first-order chi connectivity index (χ1) is 15.3. The zero-order valence-corrected chi connectivity index (χ0v) is 20.4.